The van der Waals surface area contributed by atoms with E-state index >= 15 is 0 Å². The summed E-state index contributed by atoms with van der Waals surface area (Å²) in [5.41, 5.74) is 0. The maximum absolute atomic E-state index is 11.8. The van der Waals surface area contributed by atoms with Gasteiger partial charge in [0.2, 0.25) is 5.91 Å². The molecule has 1 saturated heterocycles. The molecule has 100 valence electrons. The summed E-state index contributed by atoms with van der Waals surface area (Å²) in [5.74, 6) is 2.46. The Morgan fingerprint density at radius 1 is 1.33 bits per heavy atom. The molecule has 0 aliphatic carbocycles. The van der Waals surface area contributed by atoms with Crippen LogP contribution in [-0.4, -0.2) is 36.5 Å². The van der Waals surface area contributed by atoms with Crippen molar-refractivity contribution in [1.82, 2.24) is 4.90 Å². The molecule has 0 spiro atoms. The van der Waals surface area contributed by atoms with Gasteiger partial charge >= 0.3 is 5.97 Å². The average Bonchev–Trinajstić information content (AvgIpc) is 2.34. The number of amides is 1. The largest absolute Gasteiger partial charge is 0.463 e. The monoisotopic (exact) mass is 315 g/mol. The van der Waals surface area contributed by atoms with Crippen molar-refractivity contribution in [2.45, 2.75) is 38.5 Å². The second-order valence-electron chi connectivity index (χ2n) is 4.22. The van der Waals surface area contributed by atoms with Gasteiger partial charge in [-0.15, -0.1) is 0 Å². The predicted octanol–water partition coefficient (Wildman–Crippen LogP) is 2.07. The van der Waals surface area contributed by atoms with Crippen molar-refractivity contribution in [3.63, 3.8) is 0 Å². The summed E-state index contributed by atoms with van der Waals surface area (Å²) >= 11 is 2.97. The van der Waals surface area contributed by atoms with Crippen LogP contribution in [0.1, 0.15) is 38.5 Å². The Morgan fingerprint density at radius 2 is 2.11 bits per heavy atom. The zero-order valence-electron chi connectivity index (χ0n) is 10.4. The summed E-state index contributed by atoms with van der Waals surface area (Å²) in [4.78, 5) is 27.5. The van der Waals surface area contributed by atoms with Gasteiger partial charge in [0.05, 0.1) is 0 Å². The number of carbonyl (C=O) groups excluding carboxylic acids is 2. The Balaban J connectivity index is 2.30. The van der Waals surface area contributed by atoms with Crippen LogP contribution in [0.3, 0.4) is 0 Å². The van der Waals surface area contributed by atoms with E-state index in [0.717, 1.165) is 25.7 Å². The Morgan fingerprint density at radius 3 is 2.89 bits per heavy atom. The first-order chi connectivity index (χ1) is 8.74. The molecule has 5 heteroatoms. The van der Waals surface area contributed by atoms with E-state index in [9.17, 15) is 9.59 Å². The van der Waals surface area contributed by atoms with Gasteiger partial charge in [-0.2, -0.15) is 0 Å². The van der Waals surface area contributed by atoms with Crippen LogP contribution in [0.25, 0.3) is 0 Å². The van der Waals surface area contributed by atoms with Crippen LogP contribution < -0.4 is 0 Å². The first kappa shape index (κ1) is 15.0. The van der Waals surface area contributed by atoms with Gasteiger partial charge in [0.1, 0.15) is 13.2 Å². The molecule has 1 heterocycles. The lowest BCUT2D eigenvalue weighted by atomic mass is 10.1. The molecule has 0 radical (unpaired) electrons. The number of rotatable bonds is 4. The average molecular weight is 316 g/mol. The summed E-state index contributed by atoms with van der Waals surface area (Å²) in [7, 11) is 0. The van der Waals surface area contributed by atoms with Crippen LogP contribution in [0.15, 0.2) is 0 Å². The highest BCUT2D eigenvalue weighted by atomic mass is 79.9. The molecule has 4 nitrogen and oxygen atoms in total. The minimum absolute atomic E-state index is 0.0619. The Bertz CT molecular complexity index is 346. The van der Waals surface area contributed by atoms with E-state index in [1.807, 2.05) is 0 Å². The Labute approximate surface area is 116 Å². The van der Waals surface area contributed by atoms with Gasteiger partial charge in [0.25, 0.3) is 0 Å². The second-order valence-corrected chi connectivity index (χ2v) is 4.62. The quantitative estimate of drug-likeness (QED) is 0.453. The van der Waals surface area contributed by atoms with Crippen molar-refractivity contribution in [2.24, 2.45) is 0 Å². The zero-order chi connectivity index (χ0) is 13.2. The lowest BCUT2D eigenvalue weighted by Crippen LogP contribution is -2.37. The van der Waals surface area contributed by atoms with Crippen LogP contribution in [0.4, 0.5) is 0 Å². The molecule has 1 amide bonds. The van der Waals surface area contributed by atoms with Crippen molar-refractivity contribution in [2.75, 3.05) is 19.7 Å². The fourth-order valence-corrected chi connectivity index (χ4v) is 2.05. The third kappa shape index (κ3) is 6.06. The number of carbonyl (C=O) groups is 2. The van der Waals surface area contributed by atoms with Crippen molar-refractivity contribution in [3.8, 4) is 10.8 Å². The minimum atomic E-state index is -0.347. The van der Waals surface area contributed by atoms with E-state index in [2.05, 4.69) is 26.7 Å². The van der Waals surface area contributed by atoms with Gasteiger partial charge in [-0.25, -0.2) is 0 Å². The number of nitrogens with zero attached hydrogens (tertiary/aromatic N) is 1. The highest BCUT2D eigenvalue weighted by molar-refractivity contribution is 9.12. The Kier molecular flexibility index (Phi) is 7.51. The highest BCUT2D eigenvalue weighted by Gasteiger charge is 2.18. The van der Waals surface area contributed by atoms with Crippen molar-refractivity contribution in [3.05, 3.63) is 0 Å². The van der Waals surface area contributed by atoms with E-state index in [0.29, 0.717) is 19.4 Å². The molecule has 0 bridgehead atoms. The van der Waals surface area contributed by atoms with Gasteiger partial charge in [0.15, 0.2) is 0 Å². The van der Waals surface area contributed by atoms with Crippen LogP contribution in [0.5, 0.6) is 0 Å². The van der Waals surface area contributed by atoms with E-state index in [4.69, 9.17) is 4.74 Å². The number of ether oxygens (including phenoxy) is 1. The van der Waals surface area contributed by atoms with Gasteiger partial charge in [0, 0.05) is 35.3 Å². The van der Waals surface area contributed by atoms with Crippen molar-refractivity contribution < 1.29 is 14.3 Å². The number of hydrogen-bond donors (Lipinski definition) is 0. The summed E-state index contributed by atoms with van der Waals surface area (Å²) in [6.07, 6.45) is 5.17. The molecule has 0 aromatic rings. The van der Waals surface area contributed by atoms with Crippen LogP contribution >= 0.6 is 15.9 Å². The van der Waals surface area contributed by atoms with Crippen LogP contribution in [0, 0.1) is 10.8 Å². The number of esters is 1. The summed E-state index contributed by atoms with van der Waals surface area (Å²) in [5, 5.41) is 0. The first-order valence-electron chi connectivity index (χ1n) is 6.26. The van der Waals surface area contributed by atoms with Gasteiger partial charge in [-0.05, 0) is 17.7 Å². The third-order valence-electron chi connectivity index (χ3n) is 2.80. The molecular formula is C13H18BrNO3. The Hall–Kier alpha value is -1.02. The maximum Gasteiger partial charge on any atom is 0.325 e. The lowest BCUT2D eigenvalue weighted by Gasteiger charge is -2.23. The second kappa shape index (κ2) is 8.98. The molecule has 1 rings (SSSR count). The maximum atomic E-state index is 11.8. The number of likely N-dealkylation sites (tertiary alicyclic amines) is 1. The van der Waals surface area contributed by atoms with Gasteiger partial charge < -0.3 is 9.64 Å². The smallest absolute Gasteiger partial charge is 0.325 e. The van der Waals surface area contributed by atoms with E-state index < -0.39 is 0 Å². The zero-order valence-corrected chi connectivity index (χ0v) is 12.0. The van der Waals surface area contributed by atoms with Crippen LogP contribution in [0.2, 0.25) is 0 Å². The first-order valence-corrected chi connectivity index (χ1v) is 7.05. The SMILES string of the molecule is O=C(CN1CCCCCCC1=O)OCCC#CBr. The number of hydrogen-bond acceptors (Lipinski definition) is 3. The molecule has 0 unspecified atom stereocenters. The van der Waals surface area contributed by atoms with E-state index in [-0.39, 0.29) is 25.0 Å². The molecule has 1 aliphatic rings. The molecule has 1 aliphatic heterocycles. The van der Waals surface area contributed by atoms with E-state index in [1.54, 1.807) is 4.90 Å². The molecule has 0 N–H and O–H groups in total. The minimum Gasteiger partial charge on any atom is -0.463 e. The van der Waals surface area contributed by atoms with Crippen molar-refractivity contribution >= 4 is 27.8 Å². The molecular weight excluding hydrogens is 298 g/mol. The fraction of sp³-hybridized carbons (Fsp3) is 0.692. The summed E-state index contributed by atoms with van der Waals surface area (Å²) < 4.78 is 5.01. The van der Waals surface area contributed by atoms with Crippen molar-refractivity contribution in [1.29, 1.82) is 0 Å². The van der Waals surface area contributed by atoms with E-state index in [1.165, 1.54) is 0 Å². The molecule has 0 aromatic heterocycles. The number of halogens is 1. The molecule has 0 aromatic carbocycles. The fourth-order valence-electron chi connectivity index (χ4n) is 1.85. The predicted molar refractivity (Wildman–Crippen MR) is 71.9 cm³/mol. The lowest BCUT2D eigenvalue weighted by molar-refractivity contribution is -0.149. The van der Waals surface area contributed by atoms with Gasteiger partial charge in [-0.1, -0.05) is 18.8 Å². The summed E-state index contributed by atoms with van der Waals surface area (Å²) in [6, 6.07) is 0. The summed E-state index contributed by atoms with van der Waals surface area (Å²) in [6.45, 7) is 1.01. The molecule has 0 saturated carbocycles. The molecule has 0 atom stereocenters. The topological polar surface area (TPSA) is 46.6 Å². The third-order valence-corrected chi connectivity index (χ3v) is 3.08. The standard InChI is InChI=1S/C13H18BrNO3/c14-8-4-6-10-18-13(17)11-15-9-5-2-1-3-7-12(15)16/h1-3,5-7,9-11H2. The van der Waals surface area contributed by atoms with Gasteiger partial charge in [-0.3, -0.25) is 9.59 Å². The molecule has 18 heavy (non-hydrogen) atoms. The molecule has 1 fully saturated rings. The van der Waals surface area contributed by atoms with Crippen LogP contribution in [-0.2, 0) is 14.3 Å². The normalized spacial score (nSPS) is 16.3. The highest BCUT2D eigenvalue weighted by Crippen LogP contribution is 2.11.